The zero-order valence-corrected chi connectivity index (χ0v) is 15.2. The Morgan fingerprint density at radius 3 is 2.64 bits per heavy atom. The number of halogens is 1. The van der Waals surface area contributed by atoms with Crippen LogP contribution in [-0.4, -0.2) is 25.5 Å². The maximum absolute atomic E-state index is 12.4. The molecular weight excluding hydrogens is 338 g/mol. The van der Waals surface area contributed by atoms with Crippen molar-refractivity contribution in [1.29, 1.82) is 0 Å². The molecule has 0 spiro atoms. The second kappa shape index (κ2) is 7.11. The van der Waals surface area contributed by atoms with E-state index in [9.17, 15) is 4.79 Å². The van der Waals surface area contributed by atoms with Crippen molar-refractivity contribution in [1.82, 2.24) is 19.6 Å². The largest absolute Gasteiger partial charge is 0.317 e. The Morgan fingerprint density at radius 2 is 1.96 bits per heavy atom. The number of rotatable bonds is 5. The number of hydrogen-bond acceptors (Lipinski definition) is 3. The van der Waals surface area contributed by atoms with Gasteiger partial charge in [-0.15, -0.1) is 0 Å². The van der Waals surface area contributed by atoms with Gasteiger partial charge in [-0.2, -0.15) is 10.2 Å². The summed E-state index contributed by atoms with van der Waals surface area (Å²) >= 11 is 6.23. The highest BCUT2D eigenvalue weighted by Gasteiger charge is 2.17. The maximum Gasteiger partial charge on any atom is 0.276 e. The van der Waals surface area contributed by atoms with Crippen molar-refractivity contribution < 1.29 is 4.79 Å². The lowest BCUT2D eigenvalue weighted by Crippen LogP contribution is -2.14. The van der Waals surface area contributed by atoms with Gasteiger partial charge in [0.25, 0.3) is 5.91 Å². The fraction of sp³-hybridized carbons (Fsp3) is 0.278. The highest BCUT2D eigenvalue weighted by Crippen LogP contribution is 2.23. The molecule has 0 fully saturated rings. The average molecular weight is 358 g/mol. The van der Waals surface area contributed by atoms with Gasteiger partial charge >= 0.3 is 0 Å². The Bertz CT molecular complexity index is 912. The summed E-state index contributed by atoms with van der Waals surface area (Å²) in [7, 11) is 0. The lowest BCUT2D eigenvalue weighted by molar-refractivity contribution is 0.102. The molecule has 2 aromatic heterocycles. The number of nitrogens with one attached hydrogen (secondary N) is 1. The lowest BCUT2D eigenvalue weighted by atomic mass is 10.2. The van der Waals surface area contributed by atoms with Crippen LogP contribution in [0.4, 0.5) is 5.69 Å². The molecule has 25 heavy (non-hydrogen) atoms. The smallest absolute Gasteiger partial charge is 0.276 e. The SMILES string of the molecule is CCn1ccc(C(=O)Nc2c(C)nn(Cc3ccccc3Cl)c2C)n1. The van der Waals surface area contributed by atoms with Crippen LogP contribution < -0.4 is 5.32 Å². The third-order valence-corrected chi connectivity index (χ3v) is 4.46. The van der Waals surface area contributed by atoms with Crippen LogP contribution in [0.3, 0.4) is 0 Å². The first-order valence-electron chi connectivity index (χ1n) is 8.11. The van der Waals surface area contributed by atoms with Crippen molar-refractivity contribution in [3.8, 4) is 0 Å². The minimum Gasteiger partial charge on any atom is -0.317 e. The first kappa shape index (κ1) is 17.2. The number of nitrogens with zero attached hydrogens (tertiary/aromatic N) is 4. The zero-order valence-electron chi connectivity index (χ0n) is 14.5. The molecule has 0 aliphatic heterocycles. The van der Waals surface area contributed by atoms with Gasteiger partial charge in [-0.3, -0.25) is 14.2 Å². The molecule has 130 valence electrons. The number of aryl methyl sites for hydroxylation is 2. The van der Waals surface area contributed by atoms with Crippen molar-refractivity contribution in [2.75, 3.05) is 5.32 Å². The summed E-state index contributed by atoms with van der Waals surface area (Å²) in [6.45, 7) is 7.04. The molecule has 2 heterocycles. The summed E-state index contributed by atoms with van der Waals surface area (Å²) in [5.41, 5.74) is 3.71. The van der Waals surface area contributed by atoms with E-state index in [0.717, 1.165) is 23.5 Å². The number of carbonyl (C=O) groups excluding carboxylic acids is 1. The third kappa shape index (κ3) is 3.58. The lowest BCUT2D eigenvalue weighted by Gasteiger charge is -2.08. The van der Waals surface area contributed by atoms with Gasteiger partial charge in [-0.25, -0.2) is 0 Å². The van der Waals surface area contributed by atoms with Crippen molar-refractivity contribution in [2.24, 2.45) is 0 Å². The van der Waals surface area contributed by atoms with Crippen LogP contribution in [-0.2, 0) is 13.1 Å². The second-order valence-corrected chi connectivity index (χ2v) is 6.21. The minimum absolute atomic E-state index is 0.240. The Kier molecular flexibility index (Phi) is 4.90. The van der Waals surface area contributed by atoms with E-state index in [-0.39, 0.29) is 5.91 Å². The fourth-order valence-electron chi connectivity index (χ4n) is 2.66. The summed E-state index contributed by atoms with van der Waals surface area (Å²) in [5.74, 6) is -0.240. The quantitative estimate of drug-likeness (QED) is 0.757. The predicted molar refractivity (Wildman–Crippen MR) is 98.1 cm³/mol. The number of aromatic nitrogens is 4. The van der Waals surface area contributed by atoms with Gasteiger partial charge in [-0.05, 0) is 38.5 Å². The molecule has 1 amide bonds. The summed E-state index contributed by atoms with van der Waals surface area (Å²) < 4.78 is 3.56. The maximum atomic E-state index is 12.4. The normalized spacial score (nSPS) is 10.9. The number of carbonyl (C=O) groups is 1. The van der Waals surface area contributed by atoms with Gasteiger partial charge in [0.05, 0.1) is 23.6 Å². The molecule has 0 bridgehead atoms. The Morgan fingerprint density at radius 1 is 1.20 bits per heavy atom. The van der Waals surface area contributed by atoms with Gasteiger partial charge in [0.2, 0.25) is 0 Å². The zero-order chi connectivity index (χ0) is 18.0. The molecule has 0 unspecified atom stereocenters. The number of benzene rings is 1. The van der Waals surface area contributed by atoms with Crippen LogP contribution in [0.1, 0.15) is 34.4 Å². The summed E-state index contributed by atoms with van der Waals surface area (Å²) in [5, 5.41) is 12.4. The highest BCUT2D eigenvalue weighted by molar-refractivity contribution is 6.31. The molecule has 0 atom stereocenters. The van der Waals surface area contributed by atoms with Crippen LogP contribution >= 0.6 is 11.6 Å². The highest BCUT2D eigenvalue weighted by atomic mass is 35.5. The van der Waals surface area contributed by atoms with Crippen LogP contribution in [0, 0.1) is 13.8 Å². The topological polar surface area (TPSA) is 64.7 Å². The van der Waals surface area contributed by atoms with Gasteiger partial charge in [-0.1, -0.05) is 29.8 Å². The van der Waals surface area contributed by atoms with Gasteiger partial charge in [0.15, 0.2) is 5.69 Å². The van der Waals surface area contributed by atoms with E-state index < -0.39 is 0 Å². The van der Waals surface area contributed by atoms with Crippen molar-refractivity contribution in [3.05, 3.63) is 64.2 Å². The van der Waals surface area contributed by atoms with E-state index >= 15 is 0 Å². The molecule has 1 N–H and O–H groups in total. The van der Waals surface area contributed by atoms with E-state index in [0.29, 0.717) is 22.9 Å². The van der Waals surface area contributed by atoms with Crippen molar-refractivity contribution >= 4 is 23.2 Å². The molecule has 6 nitrogen and oxygen atoms in total. The first-order chi connectivity index (χ1) is 12.0. The Hall–Kier alpha value is -2.60. The minimum atomic E-state index is -0.240. The van der Waals surface area contributed by atoms with Crippen LogP contribution in [0.2, 0.25) is 5.02 Å². The average Bonchev–Trinajstić information content (AvgIpc) is 3.18. The molecule has 3 aromatic rings. The molecule has 0 saturated carbocycles. The predicted octanol–water partition coefficient (Wildman–Crippen LogP) is 3.67. The molecule has 0 saturated heterocycles. The van der Waals surface area contributed by atoms with Crippen LogP contribution in [0.5, 0.6) is 0 Å². The fourth-order valence-corrected chi connectivity index (χ4v) is 2.85. The van der Waals surface area contributed by atoms with Crippen molar-refractivity contribution in [3.63, 3.8) is 0 Å². The molecule has 3 rings (SSSR count). The van der Waals surface area contributed by atoms with E-state index in [4.69, 9.17) is 11.6 Å². The number of anilines is 1. The van der Waals surface area contributed by atoms with Gasteiger partial charge < -0.3 is 5.32 Å². The molecule has 1 aromatic carbocycles. The van der Waals surface area contributed by atoms with E-state index in [1.165, 1.54) is 0 Å². The van der Waals surface area contributed by atoms with Crippen molar-refractivity contribution in [2.45, 2.75) is 33.9 Å². The Labute approximate surface area is 151 Å². The molecule has 0 aliphatic carbocycles. The van der Waals surface area contributed by atoms with E-state index in [1.54, 1.807) is 16.9 Å². The second-order valence-electron chi connectivity index (χ2n) is 5.81. The van der Waals surface area contributed by atoms with Crippen LogP contribution in [0.25, 0.3) is 0 Å². The monoisotopic (exact) mass is 357 g/mol. The van der Waals surface area contributed by atoms with E-state index in [2.05, 4.69) is 15.5 Å². The Balaban J connectivity index is 1.82. The van der Waals surface area contributed by atoms with Crippen LogP contribution in [0.15, 0.2) is 36.5 Å². The molecular formula is C18H20ClN5O. The van der Waals surface area contributed by atoms with Gasteiger partial charge in [0, 0.05) is 17.8 Å². The van der Waals surface area contributed by atoms with Gasteiger partial charge in [0.1, 0.15) is 0 Å². The number of amides is 1. The first-order valence-corrected chi connectivity index (χ1v) is 8.49. The summed E-state index contributed by atoms with van der Waals surface area (Å²) in [6.07, 6.45) is 1.79. The standard InChI is InChI=1S/C18H20ClN5O/c1-4-23-10-9-16(22-23)18(25)20-17-12(2)21-24(13(17)3)11-14-7-5-6-8-15(14)19/h5-10H,4,11H2,1-3H3,(H,20,25). The molecule has 0 aliphatic rings. The molecule has 0 radical (unpaired) electrons. The number of hydrogen-bond donors (Lipinski definition) is 1. The van der Waals surface area contributed by atoms with E-state index in [1.807, 2.05) is 49.7 Å². The third-order valence-electron chi connectivity index (χ3n) is 4.10. The molecule has 7 heteroatoms. The summed E-state index contributed by atoms with van der Waals surface area (Å²) in [6, 6.07) is 9.37. The summed E-state index contributed by atoms with van der Waals surface area (Å²) in [4.78, 5) is 12.4.